The summed E-state index contributed by atoms with van der Waals surface area (Å²) in [6, 6.07) is 11.9. The highest BCUT2D eigenvalue weighted by Crippen LogP contribution is 2.31. The van der Waals surface area contributed by atoms with E-state index in [1.165, 1.54) is 0 Å². The maximum absolute atomic E-state index is 6.01. The standard InChI is InChI=1S/C17H19ClN4O/c18-16-6-5-12(11-21-16)7-9-20-17(19)22-14-8-10-23-15-4-2-1-3-13(14)15/h1-6,11,14H,7-10H2,(H3,19,20,22). The molecule has 0 saturated carbocycles. The van der Waals surface area contributed by atoms with Crippen molar-refractivity contribution in [1.82, 2.24) is 10.3 Å². The predicted molar refractivity (Wildman–Crippen MR) is 91.9 cm³/mol. The minimum atomic E-state index is 0.140. The molecule has 120 valence electrons. The molecule has 1 unspecified atom stereocenters. The Balaban J connectivity index is 1.57. The number of nitrogens with one attached hydrogen (secondary N) is 1. The van der Waals surface area contributed by atoms with Crippen LogP contribution in [0.3, 0.4) is 0 Å². The topological polar surface area (TPSA) is 72.5 Å². The van der Waals surface area contributed by atoms with E-state index >= 15 is 0 Å². The third kappa shape index (κ3) is 4.13. The van der Waals surface area contributed by atoms with Gasteiger partial charge in [-0.3, -0.25) is 4.99 Å². The molecule has 1 aliphatic rings. The molecule has 0 bridgehead atoms. The molecule has 1 aliphatic heterocycles. The lowest BCUT2D eigenvalue weighted by Crippen LogP contribution is -2.37. The Bertz CT molecular complexity index is 687. The molecule has 23 heavy (non-hydrogen) atoms. The molecule has 0 radical (unpaired) electrons. The molecule has 1 aromatic carbocycles. The molecular formula is C17H19ClN4O. The molecule has 0 spiro atoms. The number of aliphatic imine (C=N–C) groups is 1. The second kappa shape index (κ2) is 7.33. The number of nitrogens with two attached hydrogens (primary N) is 1. The second-order valence-corrected chi connectivity index (χ2v) is 5.77. The number of pyridine rings is 1. The molecule has 2 heterocycles. The number of hydrogen-bond donors (Lipinski definition) is 2. The summed E-state index contributed by atoms with van der Waals surface area (Å²) in [5, 5.41) is 3.78. The van der Waals surface area contributed by atoms with Gasteiger partial charge < -0.3 is 15.8 Å². The first-order chi connectivity index (χ1) is 11.2. The van der Waals surface area contributed by atoms with Gasteiger partial charge in [-0.15, -0.1) is 0 Å². The molecule has 3 N–H and O–H groups in total. The zero-order chi connectivity index (χ0) is 16.1. The van der Waals surface area contributed by atoms with Crippen molar-refractivity contribution < 1.29 is 4.74 Å². The molecule has 0 fully saturated rings. The minimum Gasteiger partial charge on any atom is -0.493 e. The molecule has 0 saturated heterocycles. The summed E-state index contributed by atoms with van der Waals surface area (Å²) < 4.78 is 5.65. The first-order valence-electron chi connectivity index (χ1n) is 7.61. The Labute approximate surface area is 140 Å². The van der Waals surface area contributed by atoms with Crippen LogP contribution in [0.5, 0.6) is 5.75 Å². The summed E-state index contributed by atoms with van der Waals surface area (Å²) in [5.74, 6) is 1.37. The highest BCUT2D eigenvalue weighted by atomic mass is 35.5. The predicted octanol–water partition coefficient (Wildman–Crippen LogP) is 2.71. The maximum Gasteiger partial charge on any atom is 0.189 e. The van der Waals surface area contributed by atoms with E-state index in [4.69, 9.17) is 22.1 Å². The van der Waals surface area contributed by atoms with E-state index in [1.807, 2.05) is 24.3 Å². The first-order valence-corrected chi connectivity index (χ1v) is 7.99. The number of guanidine groups is 1. The second-order valence-electron chi connectivity index (χ2n) is 5.38. The fourth-order valence-electron chi connectivity index (χ4n) is 2.58. The van der Waals surface area contributed by atoms with Crippen molar-refractivity contribution in [3.8, 4) is 5.75 Å². The van der Waals surface area contributed by atoms with E-state index in [1.54, 1.807) is 12.3 Å². The van der Waals surface area contributed by atoms with Crippen LogP contribution in [0.25, 0.3) is 0 Å². The summed E-state index contributed by atoms with van der Waals surface area (Å²) in [5.41, 5.74) is 8.22. The fourth-order valence-corrected chi connectivity index (χ4v) is 2.69. The van der Waals surface area contributed by atoms with E-state index in [0.29, 0.717) is 24.3 Å². The lowest BCUT2D eigenvalue weighted by molar-refractivity contribution is 0.262. The Kier molecular flexibility index (Phi) is 4.98. The van der Waals surface area contributed by atoms with Gasteiger partial charge in [0, 0.05) is 24.7 Å². The highest BCUT2D eigenvalue weighted by Gasteiger charge is 2.21. The number of halogens is 1. The fraction of sp³-hybridized carbons (Fsp3) is 0.294. The molecule has 0 amide bonds. The molecule has 3 rings (SSSR count). The third-order valence-corrected chi connectivity index (χ3v) is 3.98. The lowest BCUT2D eigenvalue weighted by Gasteiger charge is -2.26. The number of benzene rings is 1. The quantitative estimate of drug-likeness (QED) is 0.513. The number of hydrogen-bond acceptors (Lipinski definition) is 3. The molecule has 0 aliphatic carbocycles. The van der Waals surface area contributed by atoms with Crippen molar-refractivity contribution >= 4 is 17.6 Å². The van der Waals surface area contributed by atoms with Crippen LogP contribution in [0.4, 0.5) is 0 Å². The summed E-state index contributed by atoms with van der Waals surface area (Å²) in [6.45, 7) is 1.28. The summed E-state index contributed by atoms with van der Waals surface area (Å²) in [6.07, 6.45) is 3.40. The maximum atomic E-state index is 6.01. The van der Waals surface area contributed by atoms with Gasteiger partial charge in [-0.05, 0) is 24.1 Å². The van der Waals surface area contributed by atoms with Gasteiger partial charge in [-0.1, -0.05) is 35.9 Å². The van der Waals surface area contributed by atoms with Gasteiger partial charge in [0.15, 0.2) is 5.96 Å². The van der Waals surface area contributed by atoms with E-state index < -0.39 is 0 Å². The Morgan fingerprint density at radius 1 is 1.35 bits per heavy atom. The van der Waals surface area contributed by atoms with Crippen LogP contribution < -0.4 is 15.8 Å². The van der Waals surface area contributed by atoms with Crippen molar-refractivity contribution in [1.29, 1.82) is 0 Å². The normalized spacial score (nSPS) is 17.3. The number of nitrogens with zero attached hydrogens (tertiary/aromatic N) is 2. The van der Waals surface area contributed by atoms with Gasteiger partial charge in [0.2, 0.25) is 0 Å². The molecule has 6 heteroatoms. The average Bonchev–Trinajstić information content (AvgIpc) is 2.57. The highest BCUT2D eigenvalue weighted by molar-refractivity contribution is 6.29. The van der Waals surface area contributed by atoms with Crippen molar-refractivity contribution in [3.05, 3.63) is 58.9 Å². The van der Waals surface area contributed by atoms with Crippen molar-refractivity contribution in [2.75, 3.05) is 13.2 Å². The Morgan fingerprint density at radius 3 is 3.04 bits per heavy atom. The monoisotopic (exact) mass is 330 g/mol. The molecule has 1 aromatic heterocycles. The smallest absolute Gasteiger partial charge is 0.189 e. The Hall–Kier alpha value is -2.27. The van der Waals surface area contributed by atoms with Crippen molar-refractivity contribution in [3.63, 3.8) is 0 Å². The number of rotatable bonds is 4. The van der Waals surface area contributed by atoms with Gasteiger partial charge >= 0.3 is 0 Å². The van der Waals surface area contributed by atoms with Crippen LogP contribution in [-0.4, -0.2) is 24.1 Å². The van der Waals surface area contributed by atoms with Gasteiger partial charge in [0.25, 0.3) is 0 Å². The van der Waals surface area contributed by atoms with E-state index in [9.17, 15) is 0 Å². The van der Waals surface area contributed by atoms with E-state index in [0.717, 1.165) is 29.7 Å². The van der Waals surface area contributed by atoms with Crippen LogP contribution in [-0.2, 0) is 6.42 Å². The molecule has 2 aromatic rings. The van der Waals surface area contributed by atoms with Gasteiger partial charge in [-0.25, -0.2) is 4.98 Å². The van der Waals surface area contributed by atoms with Gasteiger partial charge in [-0.2, -0.15) is 0 Å². The van der Waals surface area contributed by atoms with Crippen LogP contribution >= 0.6 is 11.6 Å². The first kappa shape index (κ1) is 15.6. The molecule has 1 atom stereocenters. The number of aromatic nitrogens is 1. The largest absolute Gasteiger partial charge is 0.493 e. The average molecular weight is 331 g/mol. The number of ether oxygens (including phenoxy) is 1. The summed E-state index contributed by atoms with van der Waals surface area (Å²) in [4.78, 5) is 8.44. The molecule has 5 nitrogen and oxygen atoms in total. The Morgan fingerprint density at radius 2 is 2.22 bits per heavy atom. The summed E-state index contributed by atoms with van der Waals surface area (Å²) in [7, 11) is 0. The number of para-hydroxylation sites is 1. The van der Waals surface area contributed by atoms with Crippen LogP contribution in [0.1, 0.15) is 23.6 Å². The van der Waals surface area contributed by atoms with E-state index in [-0.39, 0.29) is 6.04 Å². The zero-order valence-corrected chi connectivity index (χ0v) is 13.5. The van der Waals surface area contributed by atoms with E-state index in [2.05, 4.69) is 21.4 Å². The van der Waals surface area contributed by atoms with Crippen LogP contribution in [0.15, 0.2) is 47.6 Å². The SMILES string of the molecule is NC(=NCCc1ccc(Cl)nc1)NC1CCOc2ccccc21. The zero-order valence-electron chi connectivity index (χ0n) is 12.7. The van der Waals surface area contributed by atoms with Crippen LogP contribution in [0.2, 0.25) is 5.15 Å². The van der Waals surface area contributed by atoms with Gasteiger partial charge in [0.05, 0.1) is 12.6 Å². The van der Waals surface area contributed by atoms with Crippen molar-refractivity contribution in [2.24, 2.45) is 10.7 Å². The lowest BCUT2D eigenvalue weighted by atomic mass is 10.0. The third-order valence-electron chi connectivity index (χ3n) is 3.75. The van der Waals surface area contributed by atoms with Crippen molar-refractivity contribution in [2.45, 2.75) is 18.9 Å². The minimum absolute atomic E-state index is 0.140. The van der Waals surface area contributed by atoms with Crippen LogP contribution in [0, 0.1) is 0 Å². The molecular weight excluding hydrogens is 312 g/mol. The number of fused-ring (bicyclic) bond motifs is 1. The summed E-state index contributed by atoms with van der Waals surface area (Å²) >= 11 is 5.77. The van der Waals surface area contributed by atoms with Gasteiger partial charge in [0.1, 0.15) is 10.9 Å².